The Morgan fingerprint density at radius 1 is 1.02 bits per heavy atom. The predicted octanol–water partition coefficient (Wildman–Crippen LogP) is 7.03. The SMILES string of the molecule is COc1ccc(S(=O)(=O)N(CC(C)C)C[C@@H](O)[C@@H](CC(=O)O[C@H]2CO[C@@]3(C)OCC[C@@H]23)Cc2ccc(NC[C@]3(O)CCC[C@@H]3c3sc4c(c3C(=O)O)CC(C)(C)CC4)cc2)cc1. The maximum atomic E-state index is 14.0. The number of anilines is 1. The zero-order chi connectivity index (χ0) is 44.6. The van der Waals surface area contributed by atoms with Gasteiger partial charge in [-0.2, -0.15) is 4.31 Å². The van der Waals surface area contributed by atoms with Crippen LogP contribution in [0.4, 0.5) is 5.69 Å². The van der Waals surface area contributed by atoms with Crippen LogP contribution in [0.3, 0.4) is 0 Å². The molecule has 0 bridgehead atoms. The van der Waals surface area contributed by atoms with Crippen LogP contribution in [0.15, 0.2) is 53.4 Å². The molecule has 7 atom stereocenters. The molecule has 340 valence electrons. The van der Waals surface area contributed by atoms with Gasteiger partial charge in [-0.3, -0.25) is 4.79 Å². The van der Waals surface area contributed by atoms with Crippen LogP contribution in [0.5, 0.6) is 5.75 Å². The number of hydrogen-bond acceptors (Lipinski definition) is 12. The second-order valence-corrected chi connectivity index (χ2v) is 22.3. The number of carbonyl (C=O) groups is 2. The Bertz CT molecular complexity index is 2170. The number of methoxy groups -OCH3 is 1. The Hall–Kier alpha value is -3.57. The smallest absolute Gasteiger partial charge is 0.337 e. The average Bonchev–Trinajstić information content (AvgIpc) is 3.98. The third-order valence-corrected chi connectivity index (χ3v) is 16.8. The number of fused-ring (bicyclic) bond motifs is 2. The van der Waals surface area contributed by atoms with Crippen molar-refractivity contribution >= 4 is 39.0 Å². The number of carbonyl (C=O) groups excluding carboxylic acids is 1. The Balaban J connectivity index is 1.07. The summed E-state index contributed by atoms with van der Waals surface area (Å²) in [7, 11) is -2.52. The number of nitrogens with zero attached hydrogens (tertiary/aromatic N) is 1. The van der Waals surface area contributed by atoms with E-state index in [1.807, 2.05) is 45.0 Å². The molecule has 0 spiro atoms. The van der Waals surface area contributed by atoms with Gasteiger partial charge in [0.2, 0.25) is 10.0 Å². The highest BCUT2D eigenvalue weighted by Gasteiger charge is 2.53. The number of sulfonamides is 1. The van der Waals surface area contributed by atoms with Gasteiger partial charge < -0.3 is 39.6 Å². The number of aliphatic hydroxyl groups excluding tert-OH is 1. The van der Waals surface area contributed by atoms with Crippen molar-refractivity contribution in [2.24, 2.45) is 23.2 Å². The van der Waals surface area contributed by atoms with E-state index in [2.05, 4.69) is 19.2 Å². The van der Waals surface area contributed by atoms with Gasteiger partial charge in [0.1, 0.15) is 11.9 Å². The summed E-state index contributed by atoms with van der Waals surface area (Å²) in [6.45, 7) is 10.9. The van der Waals surface area contributed by atoms with Gasteiger partial charge in [0.05, 0.1) is 54.8 Å². The van der Waals surface area contributed by atoms with Crippen molar-refractivity contribution in [2.75, 3.05) is 45.3 Å². The first-order valence-electron chi connectivity index (χ1n) is 22.0. The van der Waals surface area contributed by atoms with E-state index >= 15 is 0 Å². The van der Waals surface area contributed by atoms with E-state index in [4.69, 9.17) is 18.9 Å². The second kappa shape index (κ2) is 18.5. The number of carboxylic acid groups (broad SMARTS) is 1. The third kappa shape index (κ3) is 10.0. The van der Waals surface area contributed by atoms with Crippen LogP contribution < -0.4 is 10.1 Å². The third-order valence-electron chi connectivity index (χ3n) is 13.5. The molecular formula is C47H64N2O11S2. The molecule has 2 aliphatic carbocycles. The van der Waals surface area contributed by atoms with Gasteiger partial charge in [0, 0.05) is 46.9 Å². The summed E-state index contributed by atoms with van der Waals surface area (Å²) in [4.78, 5) is 28.4. The number of aromatic carboxylic acids is 1. The highest BCUT2D eigenvalue weighted by molar-refractivity contribution is 7.89. The number of ether oxygens (including phenoxy) is 4. The maximum Gasteiger partial charge on any atom is 0.337 e. The second-order valence-electron chi connectivity index (χ2n) is 19.2. The number of aryl methyl sites for hydroxylation is 1. The molecule has 3 heterocycles. The first-order chi connectivity index (χ1) is 29.3. The van der Waals surface area contributed by atoms with Crippen LogP contribution in [0.2, 0.25) is 0 Å². The lowest BCUT2D eigenvalue weighted by atomic mass is 9.75. The largest absolute Gasteiger partial charge is 0.497 e. The van der Waals surface area contributed by atoms with E-state index in [0.29, 0.717) is 37.2 Å². The van der Waals surface area contributed by atoms with Crippen LogP contribution in [0.1, 0.15) is 110 Å². The van der Waals surface area contributed by atoms with Crippen molar-refractivity contribution in [3.63, 3.8) is 0 Å². The lowest BCUT2D eigenvalue weighted by Crippen LogP contribution is -2.43. The van der Waals surface area contributed by atoms with E-state index in [9.17, 15) is 33.3 Å². The number of aliphatic hydroxyl groups is 2. The molecule has 3 fully saturated rings. The molecule has 2 aliphatic heterocycles. The van der Waals surface area contributed by atoms with E-state index < -0.39 is 51.5 Å². The zero-order valence-corrected chi connectivity index (χ0v) is 38.5. The minimum atomic E-state index is -4.03. The fourth-order valence-corrected chi connectivity index (χ4v) is 13.2. The molecule has 3 aromatic rings. The molecule has 4 N–H and O–H groups in total. The number of rotatable bonds is 18. The summed E-state index contributed by atoms with van der Waals surface area (Å²) in [5.41, 5.74) is 1.79. The fraction of sp³-hybridized carbons (Fsp3) is 0.617. The van der Waals surface area contributed by atoms with Crippen molar-refractivity contribution in [3.05, 3.63) is 75.0 Å². The monoisotopic (exact) mass is 896 g/mol. The van der Waals surface area contributed by atoms with E-state index in [0.717, 1.165) is 52.3 Å². The molecule has 2 aromatic carbocycles. The molecule has 15 heteroatoms. The maximum absolute atomic E-state index is 14.0. The molecule has 4 aliphatic rings. The number of nitrogens with one attached hydrogen (secondary N) is 1. The Labute approximate surface area is 370 Å². The molecule has 1 aromatic heterocycles. The molecule has 7 rings (SSSR count). The molecule has 0 radical (unpaired) electrons. The Kier molecular flexibility index (Phi) is 13.9. The highest BCUT2D eigenvalue weighted by Crippen LogP contribution is 2.51. The number of esters is 1. The molecule has 0 amide bonds. The quantitative estimate of drug-likeness (QED) is 0.0959. The van der Waals surface area contributed by atoms with Crippen molar-refractivity contribution in [3.8, 4) is 5.75 Å². The van der Waals surface area contributed by atoms with Crippen LogP contribution in [-0.4, -0.2) is 104 Å². The van der Waals surface area contributed by atoms with Crippen molar-refractivity contribution in [1.29, 1.82) is 0 Å². The number of carboxylic acids is 1. The molecule has 13 nitrogen and oxygen atoms in total. The number of thiophene rings is 1. The molecular weight excluding hydrogens is 833 g/mol. The summed E-state index contributed by atoms with van der Waals surface area (Å²) >= 11 is 1.57. The average molecular weight is 897 g/mol. The lowest BCUT2D eigenvalue weighted by Gasteiger charge is -2.31. The van der Waals surface area contributed by atoms with Gasteiger partial charge in [-0.15, -0.1) is 11.3 Å². The van der Waals surface area contributed by atoms with Gasteiger partial charge in [-0.25, -0.2) is 13.2 Å². The molecule has 1 saturated carbocycles. The molecule has 0 unspecified atom stereocenters. The minimum absolute atomic E-state index is 0.0296. The lowest BCUT2D eigenvalue weighted by molar-refractivity contribution is -0.181. The zero-order valence-electron chi connectivity index (χ0n) is 36.9. The topological polar surface area (TPSA) is 181 Å². The van der Waals surface area contributed by atoms with Crippen molar-refractivity contribution < 1.29 is 52.3 Å². The summed E-state index contributed by atoms with van der Waals surface area (Å²) in [5.74, 6) is -2.87. The summed E-state index contributed by atoms with van der Waals surface area (Å²) < 4.78 is 52.2. The van der Waals surface area contributed by atoms with Gasteiger partial charge >= 0.3 is 11.9 Å². The van der Waals surface area contributed by atoms with E-state index in [1.54, 1.807) is 23.5 Å². The normalized spacial score (nSPS) is 26.6. The van der Waals surface area contributed by atoms with Crippen LogP contribution in [0.25, 0.3) is 0 Å². The predicted molar refractivity (Wildman–Crippen MR) is 236 cm³/mol. The fourth-order valence-electron chi connectivity index (χ4n) is 10.00. The highest BCUT2D eigenvalue weighted by atomic mass is 32.2. The first-order valence-corrected chi connectivity index (χ1v) is 24.3. The van der Waals surface area contributed by atoms with E-state index in [-0.39, 0.29) is 67.1 Å². The number of hydrogen-bond donors (Lipinski definition) is 4. The van der Waals surface area contributed by atoms with Crippen molar-refractivity contribution in [1.82, 2.24) is 4.31 Å². The van der Waals surface area contributed by atoms with Crippen molar-refractivity contribution in [2.45, 2.75) is 127 Å². The standard InChI is InChI=1S/C47H64N2O11S2/c1-29(2)25-49(62(55,56)34-15-13-33(57-6)14-16-34)26-38(50)31(23-41(51)60-39-27-59-46(5)36(39)18-21-58-46)22-30-9-11-32(12-10-30)48-28-47(54)19-7-8-37(47)43-42(44(52)53)35-24-45(3,4)20-17-40(35)61-43/h9-16,29,31,36-39,48,50,54H,7-8,17-28H2,1-6H3,(H,52,53)/t31-,36+,37-,38-,39+,46-,47-/m1/s1. The van der Waals surface area contributed by atoms with Gasteiger partial charge in [-0.1, -0.05) is 39.8 Å². The molecule has 2 saturated heterocycles. The van der Waals surface area contributed by atoms with Gasteiger partial charge in [0.25, 0.3) is 0 Å². The van der Waals surface area contributed by atoms with Crippen LogP contribution >= 0.6 is 11.3 Å². The Morgan fingerprint density at radius 2 is 1.74 bits per heavy atom. The van der Waals surface area contributed by atoms with Crippen LogP contribution in [-0.2, 0) is 48.3 Å². The van der Waals surface area contributed by atoms with E-state index in [1.165, 1.54) is 23.5 Å². The molecule has 62 heavy (non-hydrogen) atoms. The summed E-state index contributed by atoms with van der Waals surface area (Å²) in [6.07, 6.45) is 3.70. The summed E-state index contributed by atoms with van der Waals surface area (Å²) in [6, 6.07) is 13.7. The van der Waals surface area contributed by atoms with Gasteiger partial charge in [-0.05, 0) is 117 Å². The Morgan fingerprint density at radius 3 is 2.42 bits per heavy atom. The van der Waals surface area contributed by atoms with Crippen LogP contribution in [0, 0.1) is 23.2 Å². The van der Waals surface area contributed by atoms with Gasteiger partial charge in [0.15, 0.2) is 5.79 Å². The summed E-state index contributed by atoms with van der Waals surface area (Å²) in [5, 5.41) is 37.9. The minimum Gasteiger partial charge on any atom is -0.497 e. The first kappa shape index (κ1) is 46.4. The number of benzene rings is 2.